The third-order valence-electron chi connectivity index (χ3n) is 5.27. The number of carbonyl (C=O) groups excluding carboxylic acids is 1. The van der Waals surface area contributed by atoms with E-state index in [2.05, 4.69) is 13.8 Å². The van der Waals surface area contributed by atoms with Crippen molar-refractivity contribution < 1.29 is 15.0 Å². The molecule has 0 spiro atoms. The Hall–Kier alpha value is -0.410. The van der Waals surface area contributed by atoms with Crippen molar-refractivity contribution in [2.75, 3.05) is 6.61 Å². The van der Waals surface area contributed by atoms with Crippen LogP contribution in [-0.4, -0.2) is 28.7 Å². The first-order valence-corrected chi connectivity index (χ1v) is 6.81. The summed E-state index contributed by atoms with van der Waals surface area (Å²) >= 11 is 0. The molecule has 7 atom stereocenters. The lowest BCUT2D eigenvalue weighted by atomic mass is 9.62. The minimum atomic E-state index is -0.451. The first-order chi connectivity index (χ1) is 7.99. The van der Waals surface area contributed by atoms with Gasteiger partial charge in [0.05, 0.1) is 6.10 Å². The maximum Gasteiger partial charge on any atom is 0.142 e. The van der Waals surface area contributed by atoms with Crippen LogP contribution in [-0.2, 0) is 4.79 Å². The second-order valence-electron chi connectivity index (χ2n) is 6.12. The zero-order valence-corrected chi connectivity index (χ0v) is 11.0. The maximum absolute atomic E-state index is 12.2. The summed E-state index contributed by atoms with van der Waals surface area (Å²) in [5.74, 6) is 1.42. The number of fused-ring (bicyclic) bond motifs is 1. The largest absolute Gasteiger partial charge is 0.396 e. The predicted molar refractivity (Wildman–Crippen MR) is 65.3 cm³/mol. The molecule has 0 bridgehead atoms. The molecule has 0 saturated heterocycles. The van der Waals surface area contributed by atoms with Crippen LogP contribution >= 0.6 is 0 Å². The van der Waals surface area contributed by atoms with E-state index in [4.69, 9.17) is 5.11 Å². The lowest BCUT2D eigenvalue weighted by Gasteiger charge is -2.42. The molecular formula is C14H24O3. The summed E-state index contributed by atoms with van der Waals surface area (Å²) in [6, 6.07) is 0. The van der Waals surface area contributed by atoms with Gasteiger partial charge in [-0.25, -0.2) is 0 Å². The van der Waals surface area contributed by atoms with Crippen LogP contribution in [0.25, 0.3) is 0 Å². The van der Waals surface area contributed by atoms with Crippen LogP contribution in [0.1, 0.15) is 33.6 Å². The van der Waals surface area contributed by atoms with Crippen molar-refractivity contribution in [1.29, 1.82) is 0 Å². The second-order valence-corrected chi connectivity index (χ2v) is 6.12. The fraction of sp³-hybridized carbons (Fsp3) is 0.929. The molecule has 2 aliphatic carbocycles. The van der Waals surface area contributed by atoms with E-state index < -0.39 is 6.10 Å². The number of aliphatic hydroxyl groups is 2. The van der Waals surface area contributed by atoms with E-state index in [-0.39, 0.29) is 30.1 Å². The molecule has 0 heterocycles. The standard InChI is InChI=1S/C14H24O3/c1-7-6-11-12(8(2)10(7)4-5-15)14(17)9(3)13(11)16/h7-13,15-16H,4-6H2,1-3H3/t7?,8?,9-,10?,11?,12?,13-/m0/s1. The quantitative estimate of drug-likeness (QED) is 0.768. The number of carbonyl (C=O) groups is 1. The Balaban J connectivity index is 2.22. The molecule has 5 unspecified atom stereocenters. The van der Waals surface area contributed by atoms with Gasteiger partial charge >= 0.3 is 0 Å². The van der Waals surface area contributed by atoms with Crippen molar-refractivity contribution in [1.82, 2.24) is 0 Å². The van der Waals surface area contributed by atoms with E-state index in [9.17, 15) is 9.90 Å². The van der Waals surface area contributed by atoms with Gasteiger partial charge in [0.1, 0.15) is 5.78 Å². The van der Waals surface area contributed by atoms with Gasteiger partial charge in [-0.05, 0) is 36.5 Å². The zero-order valence-electron chi connectivity index (χ0n) is 11.0. The summed E-state index contributed by atoms with van der Waals surface area (Å²) in [5.41, 5.74) is 0. The Morgan fingerprint density at radius 1 is 1.29 bits per heavy atom. The Morgan fingerprint density at radius 3 is 2.53 bits per heavy atom. The van der Waals surface area contributed by atoms with Crippen LogP contribution in [0.2, 0.25) is 0 Å². The van der Waals surface area contributed by atoms with Crippen LogP contribution in [0, 0.1) is 35.5 Å². The third kappa shape index (κ3) is 1.93. The highest BCUT2D eigenvalue weighted by Crippen LogP contribution is 2.50. The molecule has 2 fully saturated rings. The minimum Gasteiger partial charge on any atom is -0.396 e. The van der Waals surface area contributed by atoms with Gasteiger partial charge in [-0.2, -0.15) is 0 Å². The normalized spacial score (nSPS) is 50.4. The molecule has 3 heteroatoms. The molecule has 0 aromatic rings. The van der Waals surface area contributed by atoms with E-state index in [1.165, 1.54) is 0 Å². The molecule has 0 amide bonds. The van der Waals surface area contributed by atoms with Crippen molar-refractivity contribution in [3.8, 4) is 0 Å². The molecule has 98 valence electrons. The molecule has 0 aliphatic heterocycles. The van der Waals surface area contributed by atoms with Gasteiger partial charge in [0, 0.05) is 18.4 Å². The third-order valence-corrected chi connectivity index (χ3v) is 5.27. The Labute approximate surface area is 103 Å². The fourth-order valence-corrected chi connectivity index (χ4v) is 4.29. The minimum absolute atomic E-state index is 0.0211. The monoisotopic (exact) mass is 240 g/mol. The average Bonchev–Trinajstić information content (AvgIpc) is 2.50. The van der Waals surface area contributed by atoms with Crippen LogP contribution in [0.5, 0.6) is 0 Å². The number of ketones is 1. The summed E-state index contributed by atoms with van der Waals surface area (Å²) in [7, 11) is 0. The van der Waals surface area contributed by atoms with Gasteiger partial charge in [0.15, 0.2) is 0 Å². The summed E-state index contributed by atoms with van der Waals surface area (Å²) in [6.45, 7) is 6.36. The van der Waals surface area contributed by atoms with Crippen LogP contribution in [0.4, 0.5) is 0 Å². The molecule has 0 radical (unpaired) electrons. The van der Waals surface area contributed by atoms with Gasteiger partial charge in [-0.3, -0.25) is 4.79 Å². The fourth-order valence-electron chi connectivity index (χ4n) is 4.29. The lowest BCUT2D eigenvalue weighted by Crippen LogP contribution is -2.40. The van der Waals surface area contributed by atoms with Crippen molar-refractivity contribution >= 4 is 5.78 Å². The molecule has 0 aromatic heterocycles. The Morgan fingerprint density at radius 2 is 1.94 bits per heavy atom. The number of Topliss-reactive ketones (excluding diaryl/α,β-unsaturated/α-hetero) is 1. The topological polar surface area (TPSA) is 57.5 Å². The number of rotatable bonds is 2. The Bertz CT molecular complexity index is 302. The van der Waals surface area contributed by atoms with Gasteiger partial charge < -0.3 is 10.2 Å². The van der Waals surface area contributed by atoms with Crippen molar-refractivity contribution in [2.24, 2.45) is 35.5 Å². The van der Waals surface area contributed by atoms with E-state index in [0.717, 1.165) is 12.8 Å². The highest BCUT2D eigenvalue weighted by Gasteiger charge is 2.53. The summed E-state index contributed by atoms with van der Waals surface area (Å²) in [5, 5.41) is 19.3. The van der Waals surface area contributed by atoms with Crippen molar-refractivity contribution in [3.63, 3.8) is 0 Å². The molecule has 17 heavy (non-hydrogen) atoms. The summed E-state index contributed by atoms with van der Waals surface area (Å²) in [4.78, 5) is 12.2. The van der Waals surface area contributed by atoms with Gasteiger partial charge in [-0.1, -0.05) is 20.8 Å². The molecule has 2 N–H and O–H groups in total. The SMILES string of the molecule is CC1CC2C(C(=O)[C@@H](C)[C@@H]2O)C(C)C1CCO. The molecule has 2 aliphatic rings. The lowest BCUT2D eigenvalue weighted by molar-refractivity contribution is -0.127. The van der Waals surface area contributed by atoms with E-state index in [1.807, 2.05) is 6.92 Å². The summed E-state index contributed by atoms with van der Waals surface area (Å²) in [6.07, 6.45) is 1.26. The number of aliphatic hydroxyl groups excluding tert-OH is 2. The van der Waals surface area contributed by atoms with E-state index >= 15 is 0 Å². The van der Waals surface area contributed by atoms with Crippen molar-refractivity contribution in [2.45, 2.75) is 39.7 Å². The van der Waals surface area contributed by atoms with Gasteiger partial charge in [-0.15, -0.1) is 0 Å². The predicted octanol–water partition coefficient (Wildman–Crippen LogP) is 1.47. The Kier molecular flexibility index (Phi) is 3.60. The number of hydrogen-bond acceptors (Lipinski definition) is 3. The van der Waals surface area contributed by atoms with E-state index in [0.29, 0.717) is 17.8 Å². The molecule has 2 saturated carbocycles. The summed E-state index contributed by atoms with van der Waals surface area (Å²) < 4.78 is 0. The van der Waals surface area contributed by atoms with Gasteiger partial charge in [0.2, 0.25) is 0 Å². The second kappa shape index (κ2) is 4.69. The smallest absolute Gasteiger partial charge is 0.142 e. The first kappa shape index (κ1) is 13.0. The number of hydrogen-bond donors (Lipinski definition) is 2. The molecule has 2 rings (SSSR count). The zero-order chi connectivity index (χ0) is 12.7. The highest BCUT2D eigenvalue weighted by atomic mass is 16.3. The van der Waals surface area contributed by atoms with Gasteiger partial charge in [0.25, 0.3) is 0 Å². The maximum atomic E-state index is 12.2. The average molecular weight is 240 g/mol. The molecule has 0 aromatic carbocycles. The first-order valence-electron chi connectivity index (χ1n) is 6.81. The van der Waals surface area contributed by atoms with Crippen molar-refractivity contribution in [3.05, 3.63) is 0 Å². The van der Waals surface area contributed by atoms with Crippen LogP contribution in [0.3, 0.4) is 0 Å². The van der Waals surface area contributed by atoms with E-state index in [1.54, 1.807) is 0 Å². The van der Waals surface area contributed by atoms with Crippen LogP contribution < -0.4 is 0 Å². The molecular weight excluding hydrogens is 216 g/mol. The highest BCUT2D eigenvalue weighted by molar-refractivity contribution is 5.87. The van der Waals surface area contributed by atoms with Crippen LogP contribution in [0.15, 0.2) is 0 Å². The molecule has 3 nitrogen and oxygen atoms in total.